The third-order valence-corrected chi connectivity index (χ3v) is 4.57. The Hall–Kier alpha value is -0.850. The molecule has 0 unspecified atom stereocenters. The van der Waals surface area contributed by atoms with Crippen molar-refractivity contribution in [2.45, 2.75) is 32.1 Å². The molecule has 0 atom stereocenters. The highest BCUT2D eigenvalue weighted by atomic mass is 35.5. The molecule has 6 nitrogen and oxygen atoms in total. The Bertz CT molecular complexity index is 362. The Labute approximate surface area is 138 Å². The Morgan fingerprint density at radius 2 is 1.82 bits per heavy atom. The van der Waals surface area contributed by atoms with Crippen molar-refractivity contribution in [3.05, 3.63) is 0 Å². The molecule has 2 aliphatic heterocycles. The van der Waals surface area contributed by atoms with E-state index in [9.17, 15) is 9.59 Å². The van der Waals surface area contributed by atoms with Crippen LogP contribution in [0, 0.1) is 5.41 Å². The fourth-order valence-electron chi connectivity index (χ4n) is 3.22. The summed E-state index contributed by atoms with van der Waals surface area (Å²) in [5.74, 6) is -0.0132. The van der Waals surface area contributed by atoms with Gasteiger partial charge >= 0.3 is 0 Å². The molecule has 2 aliphatic rings. The average Bonchev–Trinajstić information content (AvgIpc) is 2.54. The number of nitrogens with zero attached hydrogens (tertiary/aromatic N) is 1. The summed E-state index contributed by atoms with van der Waals surface area (Å²) >= 11 is 0. The monoisotopic (exact) mass is 333 g/mol. The van der Waals surface area contributed by atoms with Crippen molar-refractivity contribution in [2.75, 3.05) is 46.4 Å². The van der Waals surface area contributed by atoms with E-state index in [1.54, 1.807) is 7.11 Å². The maximum absolute atomic E-state index is 12.5. The lowest BCUT2D eigenvalue weighted by Crippen LogP contribution is -2.52. The van der Waals surface area contributed by atoms with Crippen molar-refractivity contribution in [3.63, 3.8) is 0 Å². The third-order valence-electron chi connectivity index (χ3n) is 4.57. The molecule has 0 aromatic heterocycles. The van der Waals surface area contributed by atoms with E-state index in [-0.39, 0.29) is 30.8 Å². The van der Waals surface area contributed by atoms with Crippen LogP contribution in [0.5, 0.6) is 0 Å². The first-order valence-electron chi connectivity index (χ1n) is 7.94. The van der Waals surface area contributed by atoms with Crippen molar-refractivity contribution in [1.82, 2.24) is 15.5 Å². The van der Waals surface area contributed by atoms with Crippen LogP contribution in [0.2, 0.25) is 0 Å². The summed E-state index contributed by atoms with van der Waals surface area (Å²) in [5.41, 5.74) is -0.484. The van der Waals surface area contributed by atoms with Gasteiger partial charge in [-0.3, -0.25) is 9.59 Å². The second-order valence-electron chi connectivity index (χ2n) is 6.09. The van der Waals surface area contributed by atoms with Crippen LogP contribution in [0.3, 0.4) is 0 Å². The Kier molecular flexibility index (Phi) is 8.14. The number of hydrogen-bond donors (Lipinski definition) is 2. The smallest absolute Gasteiger partial charge is 0.241 e. The van der Waals surface area contributed by atoms with Crippen LogP contribution in [0.15, 0.2) is 0 Å². The second kappa shape index (κ2) is 9.33. The lowest BCUT2D eigenvalue weighted by molar-refractivity contribution is -0.140. The first-order valence-corrected chi connectivity index (χ1v) is 7.94. The van der Waals surface area contributed by atoms with Gasteiger partial charge in [-0.05, 0) is 45.2 Å². The lowest BCUT2D eigenvalue weighted by atomic mass is 9.78. The molecule has 2 N–H and O–H groups in total. The van der Waals surface area contributed by atoms with Crippen LogP contribution >= 0.6 is 12.4 Å². The van der Waals surface area contributed by atoms with Gasteiger partial charge in [-0.1, -0.05) is 0 Å². The van der Waals surface area contributed by atoms with Crippen LogP contribution in [-0.4, -0.2) is 63.2 Å². The highest BCUT2D eigenvalue weighted by Crippen LogP contribution is 2.29. The van der Waals surface area contributed by atoms with E-state index < -0.39 is 5.41 Å². The molecule has 0 aromatic carbocycles. The Balaban J connectivity index is 0.00000242. The van der Waals surface area contributed by atoms with Gasteiger partial charge in [-0.2, -0.15) is 0 Å². The largest absolute Gasteiger partial charge is 0.384 e. The highest BCUT2D eigenvalue weighted by molar-refractivity contribution is 5.88. The standard InChI is InChI=1S/C15H27N3O3.ClH/c1-21-12-15(5-7-16-8-6-15)14(20)17-11-13(19)18-9-3-2-4-10-18;/h16H,2-12H2,1H3,(H,17,20);1H. The van der Waals surface area contributed by atoms with Crippen molar-refractivity contribution in [2.24, 2.45) is 5.41 Å². The number of ether oxygens (including phenoxy) is 1. The Morgan fingerprint density at radius 1 is 1.18 bits per heavy atom. The van der Waals surface area contributed by atoms with Crippen molar-refractivity contribution in [1.29, 1.82) is 0 Å². The van der Waals surface area contributed by atoms with Crippen molar-refractivity contribution < 1.29 is 14.3 Å². The molecule has 2 rings (SSSR count). The molecule has 22 heavy (non-hydrogen) atoms. The number of nitrogens with one attached hydrogen (secondary N) is 2. The first kappa shape index (κ1) is 19.2. The van der Waals surface area contributed by atoms with Gasteiger partial charge in [0.1, 0.15) is 0 Å². The topological polar surface area (TPSA) is 70.7 Å². The number of rotatable bonds is 5. The highest BCUT2D eigenvalue weighted by Gasteiger charge is 2.39. The van der Waals surface area contributed by atoms with Crippen LogP contribution in [0.1, 0.15) is 32.1 Å². The fraction of sp³-hybridized carbons (Fsp3) is 0.867. The van der Waals surface area contributed by atoms with E-state index in [1.807, 2.05) is 4.90 Å². The molecule has 0 saturated carbocycles. The van der Waals surface area contributed by atoms with Gasteiger partial charge in [0.2, 0.25) is 11.8 Å². The summed E-state index contributed by atoms with van der Waals surface area (Å²) in [6.07, 6.45) is 4.84. The average molecular weight is 334 g/mol. The van der Waals surface area contributed by atoms with Gasteiger partial charge in [0.25, 0.3) is 0 Å². The molecule has 128 valence electrons. The zero-order valence-corrected chi connectivity index (χ0v) is 14.2. The predicted molar refractivity (Wildman–Crippen MR) is 87.1 cm³/mol. The van der Waals surface area contributed by atoms with E-state index in [2.05, 4.69) is 10.6 Å². The number of hydrogen-bond acceptors (Lipinski definition) is 4. The summed E-state index contributed by atoms with van der Waals surface area (Å²) < 4.78 is 5.24. The first-order chi connectivity index (χ1) is 10.2. The SMILES string of the molecule is COCC1(C(=O)NCC(=O)N2CCCCC2)CCNCC1.Cl. The minimum Gasteiger partial charge on any atom is -0.384 e. The molecule has 0 spiro atoms. The number of piperidine rings is 2. The van der Waals surface area contributed by atoms with Crippen LogP contribution < -0.4 is 10.6 Å². The van der Waals surface area contributed by atoms with Gasteiger partial charge in [0.05, 0.1) is 18.6 Å². The molecule has 2 fully saturated rings. The van der Waals surface area contributed by atoms with Gasteiger partial charge in [-0.25, -0.2) is 0 Å². The van der Waals surface area contributed by atoms with Gasteiger partial charge in [0, 0.05) is 20.2 Å². The molecule has 0 bridgehead atoms. The fourth-order valence-corrected chi connectivity index (χ4v) is 3.22. The molecule has 7 heteroatoms. The Morgan fingerprint density at radius 3 is 2.41 bits per heavy atom. The van der Waals surface area contributed by atoms with Crippen LogP contribution in [-0.2, 0) is 14.3 Å². The lowest BCUT2D eigenvalue weighted by Gasteiger charge is -2.35. The number of methoxy groups -OCH3 is 1. The summed E-state index contributed by atoms with van der Waals surface area (Å²) in [7, 11) is 1.62. The maximum Gasteiger partial charge on any atom is 0.241 e. The molecule has 2 saturated heterocycles. The van der Waals surface area contributed by atoms with Gasteiger partial charge in [-0.15, -0.1) is 12.4 Å². The van der Waals surface area contributed by atoms with E-state index >= 15 is 0 Å². The van der Waals surface area contributed by atoms with E-state index in [1.165, 1.54) is 6.42 Å². The molecule has 0 aromatic rings. The normalized spacial score (nSPS) is 20.9. The zero-order chi connectivity index (χ0) is 15.1. The van der Waals surface area contributed by atoms with E-state index in [4.69, 9.17) is 4.74 Å². The molecule has 0 aliphatic carbocycles. The predicted octanol–water partition coefficient (Wildman–Crippen LogP) is 0.553. The summed E-state index contributed by atoms with van der Waals surface area (Å²) in [6, 6.07) is 0. The van der Waals surface area contributed by atoms with Crippen LogP contribution in [0.4, 0.5) is 0 Å². The summed E-state index contributed by atoms with van der Waals surface area (Å²) in [4.78, 5) is 26.5. The minimum absolute atomic E-state index is 0. The minimum atomic E-state index is -0.484. The number of amides is 2. The van der Waals surface area contributed by atoms with E-state index in [0.717, 1.165) is 51.9 Å². The number of likely N-dealkylation sites (tertiary alicyclic amines) is 1. The number of carbonyl (C=O) groups is 2. The number of halogens is 1. The number of carbonyl (C=O) groups excluding carboxylic acids is 2. The maximum atomic E-state index is 12.5. The molecular weight excluding hydrogens is 306 g/mol. The molecule has 0 radical (unpaired) electrons. The van der Waals surface area contributed by atoms with Gasteiger partial charge < -0.3 is 20.3 Å². The summed E-state index contributed by atoms with van der Waals surface area (Å²) in [6.45, 7) is 3.80. The molecule has 2 heterocycles. The molecular formula is C15H28ClN3O3. The summed E-state index contributed by atoms with van der Waals surface area (Å²) in [5, 5.41) is 6.10. The third kappa shape index (κ3) is 4.83. The zero-order valence-electron chi connectivity index (χ0n) is 13.4. The van der Waals surface area contributed by atoms with Crippen molar-refractivity contribution >= 4 is 24.2 Å². The quantitative estimate of drug-likeness (QED) is 0.771. The second-order valence-corrected chi connectivity index (χ2v) is 6.09. The molecule has 2 amide bonds. The van der Waals surface area contributed by atoms with Crippen LogP contribution in [0.25, 0.3) is 0 Å². The van der Waals surface area contributed by atoms with Crippen molar-refractivity contribution in [3.8, 4) is 0 Å². The van der Waals surface area contributed by atoms with Gasteiger partial charge in [0.15, 0.2) is 0 Å². The van der Waals surface area contributed by atoms with E-state index in [0.29, 0.717) is 6.61 Å².